The van der Waals surface area contributed by atoms with Crippen LogP contribution in [0.4, 0.5) is 18.9 Å². The maximum absolute atomic E-state index is 12.5. The van der Waals surface area contributed by atoms with E-state index >= 15 is 0 Å². The van der Waals surface area contributed by atoms with Crippen LogP contribution in [0.25, 0.3) is 0 Å². The Bertz CT molecular complexity index is 429. The van der Waals surface area contributed by atoms with Gasteiger partial charge in [-0.05, 0) is 30.2 Å². The largest absolute Gasteiger partial charge is 0.481 e. The van der Waals surface area contributed by atoms with Crippen molar-refractivity contribution in [2.45, 2.75) is 25.4 Å². The predicted octanol–water partition coefficient (Wildman–Crippen LogP) is 2.87. The molecular weight excluding hydrogens is 235 g/mol. The molecule has 3 N–H and O–H groups in total. The van der Waals surface area contributed by atoms with Crippen LogP contribution in [0.15, 0.2) is 18.2 Å². The summed E-state index contributed by atoms with van der Waals surface area (Å²) in [6.07, 6.45) is -4.32. The minimum absolute atomic E-state index is 0.00910. The highest BCUT2D eigenvalue weighted by Crippen LogP contribution is 2.34. The van der Waals surface area contributed by atoms with Gasteiger partial charge in [0.1, 0.15) is 0 Å². The number of nitrogens with two attached hydrogens (primary N) is 1. The normalized spacial score (nSPS) is 13.4. The second-order valence-corrected chi connectivity index (χ2v) is 3.64. The van der Waals surface area contributed by atoms with Crippen molar-refractivity contribution in [2.75, 3.05) is 5.73 Å². The lowest BCUT2D eigenvalue weighted by molar-refractivity contribution is -0.140. The van der Waals surface area contributed by atoms with E-state index in [4.69, 9.17) is 10.8 Å². The van der Waals surface area contributed by atoms with Crippen LogP contribution in [0.2, 0.25) is 0 Å². The van der Waals surface area contributed by atoms with Crippen LogP contribution < -0.4 is 5.73 Å². The molecule has 0 fully saturated rings. The van der Waals surface area contributed by atoms with Crippen molar-refractivity contribution in [3.63, 3.8) is 0 Å². The average Bonchev–Trinajstić information content (AvgIpc) is 2.19. The summed E-state index contributed by atoms with van der Waals surface area (Å²) in [5, 5.41) is 8.91. The monoisotopic (exact) mass is 247 g/mol. The molecule has 1 aromatic carbocycles. The highest BCUT2D eigenvalue weighted by Gasteiger charge is 2.32. The van der Waals surface area contributed by atoms with E-state index in [1.54, 1.807) is 6.92 Å². The van der Waals surface area contributed by atoms with Crippen molar-refractivity contribution in [3.8, 4) is 0 Å². The fourth-order valence-electron chi connectivity index (χ4n) is 1.58. The Morgan fingerprint density at radius 2 is 2.06 bits per heavy atom. The minimum Gasteiger partial charge on any atom is -0.481 e. The number of rotatable bonds is 3. The zero-order chi connectivity index (χ0) is 13.2. The smallest absolute Gasteiger partial charge is 0.416 e. The molecule has 3 nitrogen and oxygen atoms in total. The molecule has 0 spiro atoms. The maximum atomic E-state index is 12.5. The van der Waals surface area contributed by atoms with Crippen molar-refractivity contribution in [2.24, 2.45) is 0 Å². The SMILES string of the molecule is CCC(C(=O)O)c1cc(C(F)(F)F)ccc1N. The van der Waals surface area contributed by atoms with Crippen LogP contribution in [0.1, 0.15) is 30.4 Å². The van der Waals surface area contributed by atoms with Crippen LogP contribution in [-0.2, 0) is 11.0 Å². The number of carbonyl (C=O) groups is 1. The molecule has 0 bridgehead atoms. The van der Waals surface area contributed by atoms with E-state index in [0.717, 1.165) is 18.2 Å². The lowest BCUT2D eigenvalue weighted by Gasteiger charge is -2.15. The van der Waals surface area contributed by atoms with Crippen molar-refractivity contribution < 1.29 is 23.1 Å². The fourth-order valence-corrected chi connectivity index (χ4v) is 1.58. The van der Waals surface area contributed by atoms with Gasteiger partial charge >= 0.3 is 12.1 Å². The predicted molar refractivity (Wildman–Crippen MR) is 56.5 cm³/mol. The highest BCUT2D eigenvalue weighted by atomic mass is 19.4. The summed E-state index contributed by atoms with van der Waals surface area (Å²) in [6, 6.07) is 2.73. The zero-order valence-electron chi connectivity index (χ0n) is 9.08. The Labute approximate surface area is 96.0 Å². The molecular formula is C11H12F3NO2. The standard InChI is InChI=1S/C11H12F3NO2/c1-2-7(10(16)17)8-5-6(11(12,13)14)3-4-9(8)15/h3-5,7H,2,15H2,1H3,(H,16,17). The Morgan fingerprint density at radius 1 is 1.47 bits per heavy atom. The molecule has 1 aromatic rings. The molecule has 1 atom stereocenters. The number of carboxylic acids is 1. The molecule has 0 heterocycles. The Hall–Kier alpha value is -1.72. The number of nitrogen functional groups attached to an aromatic ring is 1. The number of carboxylic acid groups (broad SMARTS) is 1. The van der Waals surface area contributed by atoms with Gasteiger partial charge in [-0.25, -0.2) is 0 Å². The topological polar surface area (TPSA) is 63.3 Å². The molecule has 0 saturated heterocycles. The van der Waals surface area contributed by atoms with Crippen LogP contribution in [0, 0.1) is 0 Å². The summed E-state index contributed by atoms with van der Waals surface area (Å²) in [7, 11) is 0. The van der Waals surface area contributed by atoms with Gasteiger partial charge in [-0.3, -0.25) is 4.79 Å². The van der Waals surface area contributed by atoms with Gasteiger partial charge in [0.05, 0.1) is 11.5 Å². The molecule has 0 aliphatic rings. The van der Waals surface area contributed by atoms with E-state index < -0.39 is 23.6 Å². The maximum Gasteiger partial charge on any atom is 0.416 e. The van der Waals surface area contributed by atoms with Gasteiger partial charge in [-0.2, -0.15) is 13.2 Å². The van der Waals surface area contributed by atoms with E-state index in [9.17, 15) is 18.0 Å². The van der Waals surface area contributed by atoms with E-state index in [2.05, 4.69) is 0 Å². The number of hydrogen-bond donors (Lipinski definition) is 2. The van der Waals surface area contributed by atoms with Crippen molar-refractivity contribution in [3.05, 3.63) is 29.3 Å². The second kappa shape index (κ2) is 4.65. The summed E-state index contributed by atoms with van der Waals surface area (Å²) in [6.45, 7) is 1.58. The number of aliphatic carboxylic acids is 1. The Kier molecular flexibility index (Phi) is 3.65. The van der Waals surface area contributed by atoms with Crippen LogP contribution in [0.3, 0.4) is 0 Å². The Balaban J connectivity index is 3.28. The summed E-state index contributed by atoms with van der Waals surface area (Å²) < 4.78 is 37.4. The number of alkyl halides is 3. The summed E-state index contributed by atoms with van der Waals surface area (Å²) in [5.74, 6) is -2.20. The molecule has 1 unspecified atom stereocenters. The first-order valence-corrected chi connectivity index (χ1v) is 4.96. The molecule has 0 radical (unpaired) electrons. The molecule has 0 aliphatic heterocycles. The van der Waals surface area contributed by atoms with Gasteiger partial charge in [-0.15, -0.1) is 0 Å². The van der Waals surface area contributed by atoms with Crippen molar-refractivity contribution in [1.29, 1.82) is 0 Å². The first-order chi connectivity index (χ1) is 7.77. The van der Waals surface area contributed by atoms with Gasteiger partial charge in [0.15, 0.2) is 0 Å². The van der Waals surface area contributed by atoms with Gasteiger partial charge in [0.25, 0.3) is 0 Å². The van der Waals surface area contributed by atoms with Crippen molar-refractivity contribution >= 4 is 11.7 Å². The zero-order valence-corrected chi connectivity index (χ0v) is 9.08. The van der Waals surface area contributed by atoms with E-state index in [1.807, 2.05) is 0 Å². The minimum atomic E-state index is -4.50. The van der Waals surface area contributed by atoms with E-state index in [-0.39, 0.29) is 17.7 Å². The average molecular weight is 247 g/mol. The molecule has 94 valence electrons. The third-order valence-electron chi connectivity index (χ3n) is 2.50. The third kappa shape index (κ3) is 2.89. The lowest BCUT2D eigenvalue weighted by atomic mass is 9.93. The van der Waals surface area contributed by atoms with Crippen LogP contribution >= 0.6 is 0 Å². The molecule has 0 saturated carbocycles. The van der Waals surface area contributed by atoms with E-state index in [1.165, 1.54) is 0 Å². The van der Waals surface area contributed by atoms with Crippen LogP contribution in [-0.4, -0.2) is 11.1 Å². The molecule has 0 aliphatic carbocycles. The van der Waals surface area contributed by atoms with Gasteiger partial charge in [0.2, 0.25) is 0 Å². The number of halogens is 3. The molecule has 17 heavy (non-hydrogen) atoms. The molecule has 0 aromatic heterocycles. The van der Waals surface area contributed by atoms with Crippen molar-refractivity contribution in [1.82, 2.24) is 0 Å². The summed E-state index contributed by atoms with van der Waals surface area (Å²) in [5.41, 5.74) is 4.70. The third-order valence-corrected chi connectivity index (χ3v) is 2.50. The number of hydrogen-bond acceptors (Lipinski definition) is 2. The Morgan fingerprint density at radius 3 is 2.47 bits per heavy atom. The summed E-state index contributed by atoms with van der Waals surface area (Å²) in [4.78, 5) is 10.9. The fraction of sp³-hybridized carbons (Fsp3) is 0.364. The van der Waals surface area contributed by atoms with Gasteiger partial charge in [0, 0.05) is 5.69 Å². The van der Waals surface area contributed by atoms with E-state index in [0.29, 0.717) is 0 Å². The molecule has 0 amide bonds. The number of benzene rings is 1. The van der Waals surface area contributed by atoms with Gasteiger partial charge in [-0.1, -0.05) is 6.92 Å². The molecule has 1 rings (SSSR count). The first kappa shape index (κ1) is 13.3. The molecule has 6 heteroatoms. The second-order valence-electron chi connectivity index (χ2n) is 3.64. The quantitative estimate of drug-likeness (QED) is 0.807. The highest BCUT2D eigenvalue weighted by molar-refractivity contribution is 5.78. The van der Waals surface area contributed by atoms with Gasteiger partial charge < -0.3 is 10.8 Å². The summed E-state index contributed by atoms with van der Waals surface area (Å²) >= 11 is 0. The first-order valence-electron chi connectivity index (χ1n) is 4.96. The lowest BCUT2D eigenvalue weighted by Crippen LogP contribution is -2.14. The number of anilines is 1. The van der Waals surface area contributed by atoms with Crippen LogP contribution in [0.5, 0.6) is 0 Å².